The first-order chi connectivity index (χ1) is 6.53. The van der Waals surface area contributed by atoms with Gasteiger partial charge in [-0.2, -0.15) is 0 Å². The van der Waals surface area contributed by atoms with Crippen molar-refractivity contribution in [2.45, 2.75) is 24.9 Å². The predicted octanol–water partition coefficient (Wildman–Crippen LogP) is -0.194. The second-order valence-corrected chi connectivity index (χ2v) is 4.36. The molecular weight excluding hydrogens is 200 g/mol. The zero-order valence-corrected chi connectivity index (χ0v) is 11.2. The third-order valence-electron chi connectivity index (χ3n) is 2.19. The van der Waals surface area contributed by atoms with E-state index in [0.717, 1.165) is 6.08 Å². The topological polar surface area (TPSA) is 44.8 Å². The van der Waals surface area contributed by atoms with Gasteiger partial charge in [-0.3, -0.25) is 0 Å². The monoisotopic (exact) mass is 218 g/mol. The molecule has 0 aromatic carbocycles. The number of esters is 1. The molecule has 0 fully saturated rings. The summed E-state index contributed by atoms with van der Waals surface area (Å²) in [6, 6.07) is 0. The molecule has 0 saturated heterocycles. The highest BCUT2D eigenvalue weighted by atomic mass is 28.1. The number of carbonyl (C=O) groups excluding carboxylic acids is 1. The summed E-state index contributed by atoms with van der Waals surface area (Å²) in [6.45, 7) is 5.25. The Labute approximate surface area is 87.6 Å². The highest BCUT2D eigenvalue weighted by Crippen LogP contribution is 2.18. The maximum atomic E-state index is 11.0. The van der Waals surface area contributed by atoms with Gasteiger partial charge in [0.1, 0.15) is 0 Å². The minimum Gasteiger partial charge on any atom is -0.454 e. The Morgan fingerprint density at radius 1 is 1.57 bits per heavy atom. The molecule has 14 heavy (non-hydrogen) atoms. The van der Waals surface area contributed by atoms with Crippen LogP contribution in [0, 0.1) is 0 Å². The van der Waals surface area contributed by atoms with Gasteiger partial charge in [0.15, 0.2) is 11.5 Å². The molecule has 0 spiro atoms. The van der Waals surface area contributed by atoms with Gasteiger partial charge in [0.25, 0.3) is 0 Å². The van der Waals surface area contributed by atoms with Crippen molar-refractivity contribution in [1.29, 1.82) is 0 Å². The highest BCUT2D eigenvalue weighted by molar-refractivity contribution is 6.14. The van der Waals surface area contributed by atoms with E-state index < -0.39 is 11.4 Å². The fourth-order valence-electron chi connectivity index (χ4n) is 1.10. The molecule has 4 nitrogen and oxygen atoms in total. The van der Waals surface area contributed by atoms with Crippen LogP contribution < -0.4 is 0 Å². The van der Waals surface area contributed by atoms with Gasteiger partial charge >= 0.3 is 5.97 Å². The van der Waals surface area contributed by atoms with Gasteiger partial charge < -0.3 is 14.2 Å². The van der Waals surface area contributed by atoms with E-state index in [9.17, 15) is 4.79 Å². The summed E-state index contributed by atoms with van der Waals surface area (Å²) in [6.07, 6.45) is 1.40. The molecule has 5 heteroatoms. The number of hydrogen-bond acceptors (Lipinski definition) is 4. The molecule has 1 unspecified atom stereocenters. The van der Waals surface area contributed by atoms with Crippen LogP contribution in [-0.2, 0) is 19.0 Å². The van der Waals surface area contributed by atoms with Crippen molar-refractivity contribution in [2.75, 3.05) is 14.2 Å². The van der Waals surface area contributed by atoms with Crippen molar-refractivity contribution in [3.05, 3.63) is 12.7 Å². The predicted molar refractivity (Wildman–Crippen MR) is 57.1 cm³/mol. The van der Waals surface area contributed by atoms with Gasteiger partial charge in [0.05, 0.1) is 10.2 Å². The SMILES string of the molecule is C=CC(=O)OC(CC)C([SiH3])(OC)OC. The summed E-state index contributed by atoms with van der Waals surface area (Å²) in [7, 11) is 3.70. The van der Waals surface area contributed by atoms with Crippen molar-refractivity contribution in [1.82, 2.24) is 0 Å². The normalized spacial score (nSPS) is 13.6. The highest BCUT2D eigenvalue weighted by Gasteiger charge is 2.35. The van der Waals surface area contributed by atoms with Crippen LogP contribution in [0.4, 0.5) is 0 Å². The summed E-state index contributed by atoms with van der Waals surface area (Å²) in [4.78, 5) is 11.0. The molecule has 0 aliphatic heterocycles. The van der Waals surface area contributed by atoms with Gasteiger partial charge in [0, 0.05) is 20.3 Å². The number of methoxy groups -OCH3 is 2. The quantitative estimate of drug-likeness (QED) is 0.268. The third-order valence-corrected chi connectivity index (χ3v) is 3.65. The molecule has 0 amide bonds. The lowest BCUT2D eigenvalue weighted by molar-refractivity contribution is -0.214. The maximum absolute atomic E-state index is 11.0. The van der Waals surface area contributed by atoms with E-state index in [-0.39, 0.29) is 6.10 Å². The Kier molecular flexibility index (Phi) is 5.67. The Morgan fingerprint density at radius 3 is 2.36 bits per heavy atom. The van der Waals surface area contributed by atoms with Crippen LogP contribution in [0.2, 0.25) is 0 Å². The first-order valence-electron chi connectivity index (χ1n) is 4.47. The van der Waals surface area contributed by atoms with Crippen LogP contribution in [0.1, 0.15) is 13.3 Å². The minimum absolute atomic E-state index is 0.380. The molecule has 0 aliphatic rings. The average Bonchev–Trinajstić information content (AvgIpc) is 2.24. The molecule has 82 valence electrons. The second kappa shape index (κ2) is 5.95. The molecular formula is C9H18O4Si. The van der Waals surface area contributed by atoms with Gasteiger partial charge in [-0.05, 0) is 6.42 Å². The lowest BCUT2D eigenvalue weighted by atomic mass is 10.2. The fraction of sp³-hybridized carbons (Fsp3) is 0.667. The van der Waals surface area contributed by atoms with E-state index in [1.54, 1.807) is 14.2 Å². The van der Waals surface area contributed by atoms with Crippen LogP contribution in [0.3, 0.4) is 0 Å². The minimum atomic E-state index is -0.770. The maximum Gasteiger partial charge on any atom is 0.330 e. The number of carbonyl (C=O) groups is 1. The van der Waals surface area contributed by atoms with Crippen molar-refractivity contribution in [2.24, 2.45) is 0 Å². The lowest BCUT2D eigenvalue weighted by Gasteiger charge is -2.33. The van der Waals surface area contributed by atoms with E-state index in [2.05, 4.69) is 6.58 Å². The first kappa shape index (κ1) is 13.3. The summed E-state index contributed by atoms with van der Waals surface area (Å²) in [5, 5.41) is 0. The lowest BCUT2D eigenvalue weighted by Crippen LogP contribution is -2.48. The molecule has 1 atom stereocenters. The summed E-state index contributed by atoms with van der Waals surface area (Å²) < 4.78 is 15.6. The third kappa shape index (κ3) is 3.25. The molecule has 0 aromatic heterocycles. The molecule has 0 rings (SSSR count). The van der Waals surface area contributed by atoms with Gasteiger partial charge in [0.2, 0.25) is 0 Å². The second-order valence-electron chi connectivity index (χ2n) is 2.96. The van der Waals surface area contributed by atoms with Crippen LogP contribution in [0.25, 0.3) is 0 Å². The number of rotatable bonds is 6. The molecule has 0 radical (unpaired) electrons. The van der Waals surface area contributed by atoms with Crippen molar-refractivity contribution in [3.8, 4) is 0 Å². The van der Waals surface area contributed by atoms with Crippen LogP contribution >= 0.6 is 0 Å². The van der Waals surface area contributed by atoms with Gasteiger partial charge in [-0.1, -0.05) is 13.5 Å². The van der Waals surface area contributed by atoms with E-state index in [1.807, 2.05) is 6.92 Å². The van der Waals surface area contributed by atoms with Crippen molar-refractivity contribution in [3.63, 3.8) is 0 Å². The molecule has 0 aliphatic carbocycles. The zero-order valence-electron chi connectivity index (χ0n) is 9.20. The molecule has 0 N–H and O–H groups in total. The van der Waals surface area contributed by atoms with Crippen molar-refractivity contribution >= 4 is 16.2 Å². The van der Waals surface area contributed by atoms with E-state index in [1.165, 1.54) is 0 Å². The summed E-state index contributed by atoms with van der Waals surface area (Å²) in [5.74, 6) is -0.453. The molecule has 0 heterocycles. The largest absolute Gasteiger partial charge is 0.454 e. The Hall–Kier alpha value is -0.653. The van der Waals surface area contributed by atoms with E-state index >= 15 is 0 Å². The van der Waals surface area contributed by atoms with Crippen LogP contribution in [0.5, 0.6) is 0 Å². The fourth-order valence-corrected chi connectivity index (χ4v) is 1.62. The van der Waals surface area contributed by atoms with Gasteiger partial charge in [-0.15, -0.1) is 0 Å². The molecule has 0 bridgehead atoms. The van der Waals surface area contributed by atoms with Crippen LogP contribution in [-0.4, -0.2) is 41.9 Å². The first-order valence-corrected chi connectivity index (χ1v) is 5.47. The smallest absolute Gasteiger partial charge is 0.330 e. The van der Waals surface area contributed by atoms with Crippen LogP contribution in [0.15, 0.2) is 12.7 Å². The molecule has 0 aromatic rings. The van der Waals surface area contributed by atoms with E-state index in [4.69, 9.17) is 14.2 Å². The Bertz CT molecular complexity index is 201. The Morgan fingerprint density at radius 2 is 2.07 bits per heavy atom. The average molecular weight is 218 g/mol. The number of hydrogen-bond donors (Lipinski definition) is 0. The van der Waals surface area contributed by atoms with Gasteiger partial charge in [-0.25, -0.2) is 4.79 Å². The molecule has 0 saturated carbocycles. The van der Waals surface area contributed by atoms with E-state index in [0.29, 0.717) is 16.7 Å². The summed E-state index contributed by atoms with van der Waals surface area (Å²) >= 11 is 0. The number of ether oxygens (including phenoxy) is 3. The zero-order chi connectivity index (χ0) is 11.2. The standard InChI is InChI=1S/C9H18O4Si/c1-5-7(13-8(10)6-2)9(14,11-3)12-4/h6-7H,2,5H2,1,3-4,14H3. The van der Waals surface area contributed by atoms with Crippen molar-refractivity contribution < 1.29 is 19.0 Å². The Balaban J connectivity index is 4.52. The summed E-state index contributed by atoms with van der Waals surface area (Å²) in [5.41, 5.74) is -0.770.